The highest BCUT2D eigenvalue weighted by Crippen LogP contribution is 2.33. The number of aliphatic hydroxyl groups excluding tert-OH is 1. The van der Waals surface area contributed by atoms with E-state index in [1.54, 1.807) is 0 Å². The van der Waals surface area contributed by atoms with E-state index in [2.05, 4.69) is 17.4 Å². The van der Waals surface area contributed by atoms with Gasteiger partial charge < -0.3 is 15.2 Å². The maximum atomic E-state index is 9.54. The van der Waals surface area contributed by atoms with Crippen LogP contribution in [0.15, 0.2) is 24.3 Å². The summed E-state index contributed by atoms with van der Waals surface area (Å²) in [5.74, 6) is 1.03. The van der Waals surface area contributed by atoms with Gasteiger partial charge in [0.05, 0.1) is 12.7 Å². The number of para-hydroxylation sites is 1. The van der Waals surface area contributed by atoms with Gasteiger partial charge in [0, 0.05) is 24.1 Å². The lowest BCUT2D eigenvalue weighted by Crippen LogP contribution is -2.38. The van der Waals surface area contributed by atoms with Crippen molar-refractivity contribution in [3.8, 4) is 5.75 Å². The summed E-state index contributed by atoms with van der Waals surface area (Å²) < 4.78 is 5.68. The Morgan fingerprint density at radius 3 is 2.67 bits per heavy atom. The van der Waals surface area contributed by atoms with E-state index < -0.39 is 0 Å². The summed E-state index contributed by atoms with van der Waals surface area (Å²) >= 11 is 0. The van der Waals surface area contributed by atoms with Crippen LogP contribution in [0.1, 0.15) is 43.7 Å². The van der Waals surface area contributed by atoms with Crippen molar-refractivity contribution in [2.45, 2.75) is 50.3 Å². The lowest BCUT2D eigenvalue weighted by molar-refractivity contribution is 0.111. The zero-order valence-corrected chi connectivity index (χ0v) is 10.6. The normalized spacial score (nSPS) is 31.5. The third kappa shape index (κ3) is 2.52. The molecule has 18 heavy (non-hydrogen) atoms. The average Bonchev–Trinajstić information content (AvgIpc) is 2.42. The minimum Gasteiger partial charge on any atom is -0.493 e. The predicted molar refractivity (Wildman–Crippen MR) is 70.7 cm³/mol. The van der Waals surface area contributed by atoms with Crippen LogP contribution < -0.4 is 10.1 Å². The number of aliphatic hydroxyl groups is 1. The van der Waals surface area contributed by atoms with Gasteiger partial charge in [-0.05, 0) is 31.7 Å². The molecule has 0 spiro atoms. The Morgan fingerprint density at radius 1 is 1.06 bits per heavy atom. The molecule has 3 rings (SSSR count). The molecular formula is C15H21NO2. The molecule has 0 aromatic heterocycles. The first kappa shape index (κ1) is 12.0. The van der Waals surface area contributed by atoms with E-state index in [9.17, 15) is 5.11 Å². The number of rotatable bonds is 2. The van der Waals surface area contributed by atoms with Gasteiger partial charge in [0.2, 0.25) is 0 Å². The average molecular weight is 247 g/mol. The van der Waals surface area contributed by atoms with E-state index in [1.165, 1.54) is 5.56 Å². The van der Waals surface area contributed by atoms with Crippen molar-refractivity contribution in [3.63, 3.8) is 0 Å². The number of benzene rings is 1. The van der Waals surface area contributed by atoms with Crippen molar-refractivity contribution in [1.82, 2.24) is 5.32 Å². The van der Waals surface area contributed by atoms with Gasteiger partial charge in [0.25, 0.3) is 0 Å². The summed E-state index contributed by atoms with van der Waals surface area (Å²) in [5, 5.41) is 13.3. The third-order valence-corrected chi connectivity index (χ3v) is 4.09. The Bertz CT molecular complexity index is 399. The molecule has 1 heterocycles. The summed E-state index contributed by atoms with van der Waals surface area (Å²) in [5.41, 5.74) is 1.29. The second-order valence-electron chi connectivity index (χ2n) is 5.40. The summed E-state index contributed by atoms with van der Waals surface area (Å²) in [6, 6.07) is 9.27. The van der Waals surface area contributed by atoms with Crippen molar-refractivity contribution in [1.29, 1.82) is 0 Å². The minimum atomic E-state index is -0.0787. The highest BCUT2D eigenvalue weighted by molar-refractivity contribution is 5.37. The van der Waals surface area contributed by atoms with E-state index in [0.717, 1.165) is 44.5 Å². The van der Waals surface area contributed by atoms with E-state index >= 15 is 0 Å². The van der Waals surface area contributed by atoms with Crippen molar-refractivity contribution in [2.24, 2.45) is 0 Å². The Labute approximate surface area is 108 Å². The fourth-order valence-corrected chi connectivity index (χ4v) is 3.04. The number of fused-ring (bicyclic) bond motifs is 1. The minimum absolute atomic E-state index is 0.0787. The molecule has 0 saturated heterocycles. The highest BCUT2D eigenvalue weighted by atomic mass is 16.5. The number of nitrogens with one attached hydrogen (secondary N) is 1. The second-order valence-corrected chi connectivity index (χ2v) is 5.40. The zero-order valence-electron chi connectivity index (χ0n) is 10.6. The van der Waals surface area contributed by atoms with Crippen LogP contribution in [0.2, 0.25) is 0 Å². The SMILES string of the molecule is OC1CCC(NC2CCOc3ccccc32)CC1. The van der Waals surface area contributed by atoms with Gasteiger partial charge in [-0.1, -0.05) is 18.2 Å². The van der Waals surface area contributed by atoms with Crippen molar-refractivity contribution < 1.29 is 9.84 Å². The van der Waals surface area contributed by atoms with Crippen LogP contribution in [0.25, 0.3) is 0 Å². The van der Waals surface area contributed by atoms with E-state index in [0.29, 0.717) is 12.1 Å². The molecule has 1 aliphatic carbocycles. The van der Waals surface area contributed by atoms with Gasteiger partial charge in [-0.3, -0.25) is 0 Å². The summed E-state index contributed by atoms with van der Waals surface area (Å²) in [7, 11) is 0. The Balaban J connectivity index is 1.67. The molecule has 1 unspecified atom stereocenters. The predicted octanol–water partition coefficient (Wildman–Crippen LogP) is 2.40. The molecule has 98 valence electrons. The van der Waals surface area contributed by atoms with E-state index in [-0.39, 0.29) is 6.10 Å². The molecule has 1 aliphatic heterocycles. The van der Waals surface area contributed by atoms with Gasteiger partial charge in [-0.2, -0.15) is 0 Å². The molecule has 1 atom stereocenters. The molecule has 2 aliphatic rings. The Morgan fingerprint density at radius 2 is 1.83 bits per heavy atom. The zero-order chi connectivity index (χ0) is 12.4. The van der Waals surface area contributed by atoms with Crippen LogP contribution in [-0.4, -0.2) is 23.9 Å². The quantitative estimate of drug-likeness (QED) is 0.843. The lowest BCUT2D eigenvalue weighted by Gasteiger charge is -2.33. The highest BCUT2D eigenvalue weighted by Gasteiger charge is 2.26. The molecule has 3 nitrogen and oxygen atoms in total. The molecule has 0 radical (unpaired) electrons. The van der Waals surface area contributed by atoms with Crippen LogP contribution >= 0.6 is 0 Å². The number of hydrogen-bond acceptors (Lipinski definition) is 3. The maximum Gasteiger partial charge on any atom is 0.124 e. The summed E-state index contributed by atoms with van der Waals surface area (Å²) in [6.45, 7) is 0.796. The molecule has 1 fully saturated rings. The smallest absolute Gasteiger partial charge is 0.124 e. The van der Waals surface area contributed by atoms with Crippen molar-refractivity contribution >= 4 is 0 Å². The monoisotopic (exact) mass is 247 g/mol. The van der Waals surface area contributed by atoms with E-state index in [1.807, 2.05) is 12.1 Å². The maximum absolute atomic E-state index is 9.54. The van der Waals surface area contributed by atoms with E-state index in [4.69, 9.17) is 4.74 Å². The molecule has 3 heteroatoms. The van der Waals surface area contributed by atoms with Crippen LogP contribution in [-0.2, 0) is 0 Å². The molecule has 1 aromatic rings. The first-order chi connectivity index (χ1) is 8.83. The largest absolute Gasteiger partial charge is 0.493 e. The second kappa shape index (κ2) is 5.29. The molecular weight excluding hydrogens is 226 g/mol. The standard InChI is InChI=1S/C15H21NO2/c17-12-7-5-11(6-8-12)16-14-9-10-18-15-4-2-1-3-13(14)15/h1-4,11-12,14,16-17H,5-10H2. The lowest BCUT2D eigenvalue weighted by atomic mass is 9.91. The number of hydrogen-bond donors (Lipinski definition) is 2. The third-order valence-electron chi connectivity index (χ3n) is 4.09. The summed E-state index contributed by atoms with van der Waals surface area (Å²) in [6.07, 6.45) is 4.99. The Kier molecular flexibility index (Phi) is 3.52. The fraction of sp³-hybridized carbons (Fsp3) is 0.600. The summed E-state index contributed by atoms with van der Waals surface area (Å²) in [4.78, 5) is 0. The van der Waals surface area contributed by atoms with Crippen molar-refractivity contribution in [3.05, 3.63) is 29.8 Å². The molecule has 0 amide bonds. The van der Waals surface area contributed by atoms with Crippen LogP contribution in [0.3, 0.4) is 0 Å². The fourth-order valence-electron chi connectivity index (χ4n) is 3.04. The molecule has 2 N–H and O–H groups in total. The van der Waals surface area contributed by atoms with Gasteiger partial charge in [-0.15, -0.1) is 0 Å². The molecule has 1 saturated carbocycles. The Hall–Kier alpha value is -1.06. The van der Waals surface area contributed by atoms with Gasteiger partial charge in [0.1, 0.15) is 5.75 Å². The first-order valence-corrected chi connectivity index (χ1v) is 6.99. The van der Waals surface area contributed by atoms with Crippen LogP contribution in [0, 0.1) is 0 Å². The molecule has 0 bridgehead atoms. The van der Waals surface area contributed by atoms with Crippen LogP contribution in [0.5, 0.6) is 5.75 Å². The van der Waals surface area contributed by atoms with Gasteiger partial charge in [-0.25, -0.2) is 0 Å². The van der Waals surface area contributed by atoms with Gasteiger partial charge >= 0.3 is 0 Å². The number of ether oxygens (including phenoxy) is 1. The van der Waals surface area contributed by atoms with Crippen molar-refractivity contribution in [2.75, 3.05) is 6.61 Å². The van der Waals surface area contributed by atoms with Gasteiger partial charge in [0.15, 0.2) is 0 Å². The molecule has 1 aromatic carbocycles. The van der Waals surface area contributed by atoms with Crippen LogP contribution in [0.4, 0.5) is 0 Å². The topological polar surface area (TPSA) is 41.5 Å². The first-order valence-electron chi connectivity index (χ1n) is 6.99.